The summed E-state index contributed by atoms with van der Waals surface area (Å²) in [6.07, 6.45) is 5.60. The molecule has 3 N–H and O–H groups in total. The van der Waals surface area contributed by atoms with Crippen LogP contribution in [0, 0.1) is 17.8 Å². The van der Waals surface area contributed by atoms with Crippen LogP contribution < -0.4 is 16.0 Å². The van der Waals surface area contributed by atoms with Crippen molar-refractivity contribution in [3.05, 3.63) is 64.6 Å². The lowest BCUT2D eigenvalue weighted by Crippen LogP contribution is -2.62. The van der Waals surface area contributed by atoms with Crippen LogP contribution in [-0.2, 0) is 63.7 Å². The molecule has 3 heterocycles. The van der Waals surface area contributed by atoms with Gasteiger partial charge < -0.3 is 39.2 Å². The number of carbonyl (C=O) groups is 7. The number of hydrogen-bond acceptors (Lipinski definition) is 15. The van der Waals surface area contributed by atoms with Gasteiger partial charge in [0, 0.05) is 57.0 Å². The molecule has 4 rings (SSSR count). The van der Waals surface area contributed by atoms with Crippen LogP contribution in [0.5, 0.6) is 0 Å². The van der Waals surface area contributed by atoms with Crippen LogP contribution in [0.1, 0.15) is 97.2 Å². The van der Waals surface area contributed by atoms with Crippen molar-refractivity contribution in [3.8, 4) is 0 Å². The summed E-state index contributed by atoms with van der Waals surface area (Å²) in [5.74, 6) is -3.65. The van der Waals surface area contributed by atoms with Crippen LogP contribution in [0.2, 0.25) is 0 Å². The molecule has 0 aliphatic carbocycles. The highest BCUT2D eigenvalue weighted by Crippen LogP contribution is 2.31. The van der Waals surface area contributed by atoms with Crippen LogP contribution in [0.4, 0.5) is 0 Å². The molecule has 1 aromatic heterocycles. The largest absolute Gasteiger partial charge is 0.379 e. The van der Waals surface area contributed by atoms with Crippen molar-refractivity contribution in [3.63, 3.8) is 0 Å². The molecular weight excluding hydrogens is 947 g/mol. The van der Waals surface area contributed by atoms with E-state index in [2.05, 4.69) is 20.9 Å². The van der Waals surface area contributed by atoms with Gasteiger partial charge in [0.15, 0.2) is 0 Å². The summed E-state index contributed by atoms with van der Waals surface area (Å²) < 4.78 is 28.6. The maximum atomic E-state index is 14.5. The molecule has 0 radical (unpaired) electrons. The minimum Gasteiger partial charge on any atom is -0.379 e. The molecule has 1 fully saturated rings. The van der Waals surface area contributed by atoms with Crippen molar-refractivity contribution in [2.45, 2.75) is 129 Å². The standard InChI is InChI=1S/C52H79N7O12S/c1-11-35(4)46(40(67-9)33-44(63)58-23-15-18-39(58)47(68-10)36(5)48(64)54-38(50-53-22-31-72-50)32-37-16-13-12-14-17-37)57(8)45(34(2)3)49(65)55-51(66)52(6,7)56-41(60)21-25-69-27-29-71-30-28-70-26-24-59-42(61)19-20-43(59)62/h12-14,16-17,19-20,22,31,34-36,38-40,45-47H,11,15,18,21,23-30,32-33H2,1-10H3,(H,54,64)(H,56,60)(H,55,65,66)/t35-,36+,38-,39-,40+,45-,46-,47+/m0/s1. The van der Waals surface area contributed by atoms with Crippen molar-refractivity contribution in [2.24, 2.45) is 17.8 Å². The number of nitrogens with zero attached hydrogens (tertiary/aromatic N) is 4. The fraction of sp³-hybridized carbons (Fsp3) is 0.654. The number of hydrogen-bond donors (Lipinski definition) is 3. The van der Waals surface area contributed by atoms with Crippen molar-refractivity contribution in [1.82, 2.24) is 35.6 Å². The Labute approximate surface area is 429 Å². The summed E-state index contributed by atoms with van der Waals surface area (Å²) >= 11 is 1.49. The van der Waals surface area contributed by atoms with E-state index in [-0.39, 0.29) is 107 Å². The molecule has 2 aromatic rings. The maximum Gasteiger partial charge on any atom is 0.253 e. The summed E-state index contributed by atoms with van der Waals surface area (Å²) in [6.45, 7) is 14.6. The lowest BCUT2D eigenvalue weighted by molar-refractivity contribution is -0.145. The van der Waals surface area contributed by atoms with Crippen LogP contribution in [0.25, 0.3) is 0 Å². The molecule has 19 nitrogen and oxygen atoms in total. The number of carbonyl (C=O) groups excluding carboxylic acids is 7. The third kappa shape index (κ3) is 17.3. The van der Waals surface area contributed by atoms with Gasteiger partial charge in [-0.25, -0.2) is 4.98 Å². The minimum absolute atomic E-state index is 0.00971. The normalized spacial score (nSPS) is 18.0. The van der Waals surface area contributed by atoms with Gasteiger partial charge in [-0.1, -0.05) is 71.4 Å². The van der Waals surface area contributed by atoms with Gasteiger partial charge in [-0.05, 0) is 57.6 Å². The van der Waals surface area contributed by atoms with Crippen LogP contribution in [0.3, 0.4) is 0 Å². The molecule has 20 heteroatoms. The first-order valence-corrected chi connectivity index (χ1v) is 26.0. The van der Waals surface area contributed by atoms with E-state index in [1.807, 2.05) is 87.2 Å². The molecule has 2 aliphatic heterocycles. The maximum absolute atomic E-state index is 14.5. The molecule has 7 amide bonds. The Hall–Kier alpha value is -4.96. The first-order chi connectivity index (χ1) is 34.3. The highest BCUT2D eigenvalue weighted by molar-refractivity contribution is 7.09. The average Bonchev–Trinajstić information content (AvgIpc) is 4.13. The quantitative estimate of drug-likeness (QED) is 0.0700. The van der Waals surface area contributed by atoms with E-state index >= 15 is 0 Å². The summed E-state index contributed by atoms with van der Waals surface area (Å²) in [4.78, 5) is 102. The molecule has 0 unspecified atom stereocenters. The molecular formula is C52H79N7O12S. The van der Waals surface area contributed by atoms with Crippen LogP contribution >= 0.6 is 11.3 Å². The van der Waals surface area contributed by atoms with E-state index in [0.29, 0.717) is 25.8 Å². The number of imide groups is 2. The molecule has 72 heavy (non-hydrogen) atoms. The number of nitrogens with one attached hydrogen (secondary N) is 3. The second-order valence-corrected chi connectivity index (χ2v) is 20.3. The zero-order valence-electron chi connectivity index (χ0n) is 43.9. The van der Waals surface area contributed by atoms with Crippen molar-refractivity contribution < 1.29 is 57.2 Å². The number of methoxy groups -OCH3 is 2. The first-order valence-electron chi connectivity index (χ1n) is 25.1. The van der Waals surface area contributed by atoms with Crippen molar-refractivity contribution in [2.75, 3.05) is 74.0 Å². The number of likely N-dealkylation sites (tertiary alicyclic amines) is 1. The number of benzene rings is 1. The predicted molar refractivity (Wildman–Crippen MR) is 271 cm³/mol. The van der Waals surface area contributed by atoms with E-state index < -0.39 is 53.5 Å². The summed E-state index contributed by atoms with van der Waals surface area (Å²) in [7, 11) is 4.95. The Kier molecular flexibility index (Phi) is 24.6. The third-order valence-electron chi connectivity index (χ3n) is 13.5. The summed E-state index contributed by atoms with van der Waals surface area (Å²) in [5, 5.41) is 11.2. The van der Waals surface area contributed by atoms with Gasteiger partial charge in [0.1, 0.15) is 10.5 Å². The topological polar surface area (TPSA) is 224 Å². The molecule has 1 saturated heterocycles. The van der Waals surface area contributed by atoms with Crippen LogP contribution in [0.15, 0.2) is 54.1 Å². The van der Waals surface area contributed by atoms with Gasteiger partial charge in [-0.3, -0.25) is 48.7 Å². The SMILES string of the molecule is CC[C@H](C)[C@@H]([C@@H](CC(=O)N1CCC[C@H]1[C@H](OC)[C@@H](C)C(=O)N[C@@H](Cc1ccccc1)c1nccs1)OC)N(C)[C@H](C(=O)NC(=O)C(C)(C)NC(=O)CCOCCOCCOCCN1C(=O)C=CC1=O)C(C)C. The monoisotopic (exact) mass is 1030 g/mol. The van der Waals surface area contributed by atoms with E-state index in [1.54, 1.807) is 20.4 Å². The van der Waals surface area contributed by atoms with Gasteiger partial charge >= 0.3 is 0 Å². The van der Waals surface area contributed by atoms with Crippen molar-refractivity contribution in [1.29, 1.82) is 0 Å². The zero-order valence-corrected chi connectivity index (χ0v) is 44.7. The molecule has 0 bridgehead atoms. The summed E-state index contributed by atoms with van der Waals surface area (Å²) in [6, 6.07) is 8.00. The van der Waals surface area contributed by atoms with Gasteiger partial charge in [-0.15, -0.1) is 11.3 Å². The van der Waals surface area contributed by atoms with E-state index in [1.165, 1.54) is 37.3 Å². The number of likely N-dealkylation sites (N-methyl/N-ethyl adjacent to an activating group) is 1. The third-order valence-corrected chi connectivity index (χ3v) is 14.3. The Morgan fingerprint density at radius 2 is 1.53 bits per heavy atom. The molecule has 0 saturated carbocycles. The predicted octanol–water partition coefficient (Wildman–Crippen LogP) is 3.86. The Balaban J connectivity index is 1.29. The highest BCUT2D eigenvalue weighted by atomic mass is 32.1. The molecule has 2 aliphatic rings. The Morgan fingerprint density at radius 3 is 2.11 bits per heavy atom. The van der Waals surface area contributed by atoms with Gasteiger partial charge in [-0.2, -0.15) is 0 Å². The van der Waals surface area contributed by atoms with E-state index in [0.717, 1.165) is 21.9 Å². The fourth-order valence-electron chi connectivity index (χ4n) is 9.42. The number of amides is 7. The smallest absolute Gasteiger partial charge is 0.253 e. The van der Waals surface area contributed by atoms with Gasteiger partial charge in [0.05, 0.1) is 88.9 Å². The first kappa shape index (κ1) is 59.6. The number of thiazole rings is 1. The summed E-state index contributed by atoms with van der Waals surface area (Å²) in [5.41, 5.74) is -0.380. The van der Waals surface area contributed by atoms with E-state index in [4.69, 9.17) is 23.7 Å². The minimum atomic E-state index is -1.45. The number of rotatable bonds is 32. The van der Waals surface area contributed by atoms with E-state index in [9.17, 15) is 33.6 Å². The van der Waals surface area contributed by atoms with Gasteiger partial charge in [0.2, 0.25) is 23.6 Å². The zero-order chi connectivity index (χ0) is 53.0. The molecule has 0 spiro atoms. The molecule has 8 atom stereocenters. The number of ether oxygens (including phenoxy) is 5. The van der Waals surface area contributed by atoms with Gasteiger partial charge in [0.25, 0.3) is 17.7 Å². The molecule has 1 aromatic carbocycles. The Morgan fingerprint density at radius 1 is 0.889 bits per heavy atom. The molecule has 400 valence electrons. The second-order valence-electron chi connectivity index (χ2n) is 19.4. The average molecular weight is 1030 g/mol. The van der Waals surface area contributed by atoms with Crippen LogP contribution in [-0.4, -0.2) is 171 Å². The lowest BCUT2D eigenvalue weighted by atomic mass is 9.87. The second kappa shape index (κ2) is 29.7. The fourth-order valence-corrected chi connectivity index (χ4v) is 10.1. The highest BCUT2D eigenvalue weighted by Gasteiger charge is 2.44. The number of aromatic nitrogens is 1. The Bertz CT molecular complexity index is 2070. The van der Waals surface area contributed by atoms with Crippen molar-refractivity contribution >= 4 is 52.7 Å². The lowest BCUT2D eigenvalue weighted by Gasteiger charge is -2.43.